The number of anilines is 1. The van der Waals surface area contributed by atoms with Crippen molar-refractivity contribution in [1.82, 2.24) is 10.3 Å². The van der Waals surface area contributed by atoms with E-state index in [1.807, 2.05) is 30.3 Å². The molecule has 1 heterocycles. The Morgan fingerprint density at radius 3 is 2.12 bits per heavy atom. The van der Waals surface area contributed by atoms with Crippen LogP contribution >= 0.6 is 0 Å². The molecule has 0 spiro atoms. The highest BCUT2D eigenvalue weighted by atomic mass is 19.1. The number of aromatic nitrogens is 1. The molecule has 43 heavy (non-hydrogen) atoms. The summed E-state index contributed by atoms with van der Waals surface area (Å²) in [6.45, 7) is -0.0339. The molecule has 2 amide bonds. The summed E-state index contributed by atoms with van der Waals surface area (Å²) in [5.41, 5.74) is 2.34. The minimum atomic E-state index is -1.05. The first-order valence-electron chi connectivity index (χ1n) is 13.4. The molecule has 5 rings (SSSR count). The number of oxazole rings is 1. The van der Waals surface area contributed by atoms with Crippen LogP contribution < -0.4 is 15.4 Å². The average molecular weight is 584 g/mol. The zero-order chi connectivity index (χ0) is 30.0. The third kappa shape index (κ3) is 8.57. The molecule has 0 fully saturated rings. The Bertz CT molecular complexity index is 1640. The standard InChI is InChI=1S/C33H27F2N3O5/c34-24-8-6-22(7-9-24)19-41-21-30(38-31(39)18-27-20-42-33(37-27)23-4-2-1-3-5-23)32(40)36-26-12-16-29(17-13-26)43-28-14-10-25(35)11-15-28/h1-17,20,30H,18-19,21H2,(H,36,40)(H,38,39). The number of halogens is 2. The summed E-state index contributed by atoms with van der Waals surface area (Å²) in [4.78, 5) is 30.5. The third-order valence-electron chi connectivity index (χ3n) is 6.20. The van der Waals surface area contributed by atoms with E-state index in [9.17, 15) is 18.4 Å². The van der Waals surface area contributed by atoms with Crippen molar-refractivity contribution < 1.29 is 32.3 Å². The predicted molar refractivity (Wildman–Crippen MR) is 155 cm³/mol. The van der Waals surface area contributed by atoms with Gasteiger partial charge >= 0.3 is 0 Å². The van der Waals surface area contributed by atoms with E-state index >= 15 is 0 Å². The van der Waals surface area contributed by atoms with Gasteiger partial charge in [0.15, 0.2) is 0 Å². The summed E-state index contributed by atoms with van der Waals surface area (Å²) in [7, 11) is 0. The van der Waals surface area contributed by atoms with Crippen LogP contribution in [0.3, 0.4) is 0 Å². The number of nitrogens with one attached hydrogen (secondary N) is 2. The average Bonchev–Trinajstić information content (AvgIpc) is 3.48. The van der Waals surface area contributed by atoms with Gasteiger partial charge in [0.2, 0.25) is 17.7 Å². The van der Waals surface area contributed by atoms with E-state index in [-0.39, 0.29) is 31.3 Å². The van der Waals surface area contributed by atoms with Gasteiger partial charge in [-0.15, -0.1) is 0 Å². The number of nitrogens with zero attached hydrogens (tertiary/aromatic N) is 1. The maximum atomic E-state index is 13.2. The van der Waals surface area contributed by atoms with E-state index in [1.165, 1.54) is 42.7 Å². The first kappa shape index (κ1) is 29.2. The number of hydrogen-bond acceptors (Lipinski definition) is 6. The molecule has 0 radical (unpaired) electrons. The van der Waals surface area contributed by atoms with Crippen LogP contribution in [0.5, 0.6) is 11.5 Å². The Morgan fingerprint density at radius 2 is 1.44 bits per heavy atom. The second kappa shape index (κ2) is 14.0. The Balaban J connectivity index is 1.22. The van der Waals surface area contributed by atoms with Crippen molar-refractivity contribution in [3.05, 3.63) is 132 Å². The predicted octanol–water partition coefficient (Wildman–Crippen LogP) is 6.29. The molecule has 0 saturated carbocycles. The first-order valence-corrected chi connectivity index (χ1v) is 13.4. The van der Waals surface area contributed by atoms with E-state index in [4.69, 9.17) is 13.9 Å². The molecule has 218 valence electrons. The summed E-state index contributed by atoms with van der Waals surface area (Å²) in [6, 6.07) is 26.2. The lowest BCUT2D eigenvalue weighted by Gasteiger charge is -2.19. The molecule has 5 aromatic rings. The monoisotopic (exact) mass is 583 g/mol. The lowest BCUT2D eigenvalue weighted by Crippen LogP contribution is -2.47. The molecule has 1 aromatic heterocycles. The Labute approximate surface area is 246 Å². The van der Waals surface area contributed by atoms with E-state index in [2.05, 4.69) is 15.6 Å². The maximum Gasteiger partial charge on any atom is 0.249 e. The Morgan fingerprint density at radius 1 is 0.814 bits per heavy atom. The maximum absolute atomic E-state index is 13.2. The van der Waals surface area contributed by atoms with Gasteiger partial charge in [-0.25, -0.2) is 13.8 Å². The van der Waals surface area contributed by atoms with Crippen LogP contribution in [-0.2, 0) is 27.4 Å². The summed E-state index contributed by atoms with van der Waals surface area (Å²) < 4.78 is 43.3. The molecule has 1 atom stereocenters. The summed E-state index contributed by atoms with van der Waals surface area (Å²) in [5.74, 6) is -0.377. The molecule has 0 aliphatic rings. The molecule has 1 unspecified atom stereocenters. The third-order valence-corrected chi connectivity index (χ3v) is 6.20. The van der Waals surface area contributed by atoms with Crippen molar-refractivity contribution in [2.75, 3.05) is 11.9 Å². The number of ether oxygens (including phenoxy) is 2. The van der Waals surface area contributed by atoms with Crippen LogP contribution in [0.25, 0.3) is 11.5 Å². The van der Waals surface area contributed by atoms with Crippen LogP contribution in [0.4, 0.5) is 14.5 Å². The number of amides is 2. The second-order valence-electron chi connectivity index (χ2n) is 9.52. The molecule has 0 saturated heterocycles. The van der Waals surface area contributed by atoms with Crippen molar-refractivity contribution >= 4 is 17.5 Å². The van der Waals surface area contributed by atoms with Gasteiger partial charge in [0.25, 0.3) is 0 Å². The van der Waals surface area contributed by atoms with Crippen molar-refractivity contribution in [2.24, 2.45) is 0 Å². The fourth-order valence-electron chi connectivity index (χ4n) is 4.04. The number of carbonyl (C=O) groups is 2. The van der Waals surface area contributed by atoms with E-state index < -0.39 is 17.9 Å². The van der Waals surface area contributed by atoms with Gasteiger partial charge in [0, 0.05) is 11.3 Å². The van der Waals surface area contributed by atoms with Gasteiger partial charge in [-0.3, -0.25) is 9.59 Å². The summed E-state index contributed by atoms with van der Waals surface area (Å²) in [5, 5.41) is 5.47. The molecular formula is C33H27F2N3O5. The molecule has 2 N–H and O–H groups in total. The lowest BCUT2D eigenvalue weighted by atomic mass is 10.2. The smallest absolute Gasteiger partial charge is 0.249 e. The topological polar surface area (TPSA) is 103 Å². The zero-order valence-electron chi connectivity index (χ0n) is 22.8. The number of hydrogen-bond donors (Lipinski definition) is 2. The Hall–Kier alpha value is -5.35. The van der Waals surface area contributed by atoms with Gasteiger partial charge in [-0.2, -0.15) is 0 Å². The van der Waals surface area contributed by atoms with Crippen molar-refractivity contribution in [1.29, 1.82) is 0 Å². The van der Waals surface area contributed by atoms with Crippen LogP contribution in [0.1, 0.15) is 11.3 Å². The molecular weight excluding hydrogens is 556 g/mol. The van der Waals surface area contributed by atoms with Crippen molar-refractivity contribution in [2.45, 2.75) is 19.1 Å². The van der Waals surface area contributed by atoms with Crippen molar-refractivity contribution in [3.63, 3.8) is 0 Å². The van der Waals surface area contributed by atoms with Crippen LogP contribution in [0, 0.1) is 11.6 Å². The molecule has 0 aliphatic heterocycles. The van der Waals surface area contributed by atoms with E-state index in [0.717, 1.165) is 5.56 Å². The fraction of sp³-hybridized carbons (Fsp3) is 0.121. The highest BCUT2D eigenvalue weighted by molar-refractivity contribution is 5.97. The molecule has 0 aliphatic carbocycles. The molecule has 8 nitrogen and oxygen atoms in total. The largest absolute Gasteiger partial charge is 0.457 e. The lowest BCUT2D eigenvalue weighted by molar-refractivity contribution is -0.127. The van der Waals surface area contributed by atoms with Crippen LogP contribution in [0.2, 0.25) is 0 Å². The minimum absolute atomic E-state index is 0.110. The highest BCUT2D eigenvalue weighted by Crippen LogP contribution is 2.23. The van der Waals surface area contributed by atoms with Gasteiger partial charge in [0.05, 0.1) is 25.3 Å². The van der Waals surface area contributed by atoms with Crippen LogP contribution in [-0.4, -0.2) is 29.4 Å². The number of carbonyl (C=O) groups excluding carboxylic acids is 2. The van der Waals surface area contributed by atoms with Gasteiger partial charge in [-0.05, 0) is 78.4 Å². The minimum Gasteiger partial charge on any atom is -0.457 e. The summed E-state index contributed by atoms with van der Waals surface area (Å²) >= 11 is 0. The van der Waals surface area contributed by atoms with E-state index in [1.54, 1.807) is 36.4 Å². The normalized spacial score (nSPS) is 11.5. The van der Waals surface area contributed by atoms with Crippen LogP contribution in [0.15, 0.2) is 114 Å². The van der Waals surface area contributed by atoms with Gasteiger partial charge in [0.1, 0.15) is 35.4 Å². The molecule has 0 bridgehead atoms. The quantitative estimate of drug-likeness (QED) is 0.179. The number of rotatable bonds is 12. The number of benzene rings is 4. The molecule has 10 heteroatoms. The zero-order valence-corrected chi connectivity index (χ0v) is 22.8. The van der Waals surface area contributed by atoms with Crippen molar-refractivity contribution in [3.8, 4) is 23.0 Å². The Kier molecular flexibility index (Phi) is 9.50. The molecule has 4 aromatic carbocycles. The SMILES string of the molecule is O=C(Cc1coc(-c2ccccc2)n1)NC(COCc1ccc(F)cc1)C(=O)Nc1ccc(Oc2ccc(F)cc2)cc1. The van der Waals surface area contributed by atoms with Gasteiger partial charge in [-0.1, -0.05) is 30.3 Å². The highest BCUT2D eigenvalue weighted by Gasteiger charge is 2.22. The first-order chi connectivity index (χ1) is 20.9. The van der Waals surface area contributed by atoms with Gasteiger partial charge < -0.3 is 24.5 Å². The fourth-order valence-corrected chi connectivity index (χ4v) is 4.04. The van der Waals surface area contributed by atoms with E-state index in [0.29, 0.717) is 34.3 Å². The second-order valence-corrected chi connectivity index (χ2v) is 9.52. The summed E-state index contributed by atoms with van der Waals surface area (Å²) in [6.07, 6.45) is 1.28.